The Bertz CT molecular complexity index is 240. The van der Waals surface area contributed by atoms with Gasteiger partial charge >= 0.3 is 0 Å². The first-order valence-electron chi connectivity index (χ1n) is 7.03. The minimum atomic E-state index is 0.349. The van der Waals surface area contributed by atoms with Crippen molar-refractivity contribution in [3.8, 4) is 0 Å². The van der Waals surface area contributed by atoms with E-state index in [9.17, 15) is 4.79 Å². The number of nitrogens with zero attached hydrogens (tertiary/aromatic N) is 1. The molecule has 0 aromatic rings. The molecule has 3 heteroatoms. The summed E-state index contributed by atoms with van der Waals surface area (Å²) in [5.74, 6) is 1.66. The zero-order chi connectivity index (χ0) is 12.8. The highest BCUT2D eigenvalue weighted by Gasteiger charge is 2.24. The summed E-state index contributed by atoms with van der Waals surface area (Å²) in [6.45, 7) is 8.46. The molecule has 2 unspecified atom stereocenters. The van der Waals surface area contributed by atoms with E-state index in [2.05, 4.69) is 31.0 Å². The fraction of sp³-hybridized carbons (Fsp3) is 0.929. The van der Waals surface area contributed by atoms with Crippen LogP contribution in [0.2, 0.25) is 0 Å². The summed E-state index contributed by atoms with van der Waals surface area (Å²) in [5, 5.41) is 3.32. The van der Waals surface area contributed by atoms with Gasteiger partial charge in [-0.1, -0.05) is 27.2 Å². The van der Waals surface area contributed by atoms with Gasteiger partial charge in [0.25, 0.3) is 0 Å². The molecule has 1 aliphatic heterocycles. The minimum Gasteiger partial charge on any atom is -0.341 e. The first-order valence-corrected chi connectivity index (χ1v) is 7.03. The highest BCUT2D eigenvalue weighted by atomic mass is 16.2. The first kappa shape index (κ1) is 14.5. The normalized spacial score (nSPS) is 23.9. The number of hydrogen-bond acceptors (Lipinski definition) is 2. The molecule has 0 saturated carbocycles. The molecule has 0 aliphatic carbocycles. The number of likely N-dealkylation sites (N-methyl/N-ethyl adjacent to an activating group) is 1. The van der Waals surface area contributed by atoms with Gasteiger partial charge in [-0.3, -0.25) is 4.79 Å². The van der Waals surface area contributed by atoms with Crippen LogP contribution in [0.5, 0.6) is 0 Å². The Kier molecular flexibility index (Phi) is 5.96. The maximum atomic E-state index is 12.0. The van der Waals surface area contributed by atoms with Crippen LogP contribution in [0.1, 0.15) is 46.5 Å². The van der Waals surface area contributed by atoms with Crippen molar-refractivity contribution < 1.29 is 4.79 Å². The third kappa shape index (κ3) is 4.30. The topological polar surface area (TPSA) is 32.3 Å². The molecule has 3 nitrogen and oxygen atoms in total. The Labute approximate surface area is 106 Å². The number of amides is 1. The molecule has 0 bridgehead atoms. The van der Waals surface area contributed by atoms with Gasteiger partial charge in [-0.15, -0.1) is 0 Å². The van der Waals surface area contributed by atoms with Crippen LogP contribution in [0, 0.1) is 11.8 Å². The number of carbonyl (C=O) groups excluding carboxylic acids is 1. The third-order valence-corrected chi connectivity index (χ3v) is 4.10. The molecule has 0 aromatic heterocycles. The van der Waals surface area contributed by atoms with Crippen molar-refractivity contribution >= 4 is 5.91 Å². The summed E-state index contributed by atoms with van der Waals surface area (Å²) >= 11 is 0. The molecule has 0 spiro atoms. The van der Waals surface area contributed by atoms with Crippen LogP contribution in [-0.4, -0.2) is 37.0 Å². The van der Waals surface area contributed by atoms with E-state index in [4.69, 9.17) is 0 Å². The average Bonchev–Trinajstić information content (AvgIpc) is 2.48. The number of likely N-dealkylation sites (tertiary alicyclic amines) is 1. The van der Waals surface area contributed by atoms with Gasteiger partial charge in [0.2, 0.25) is 5.91 Å². The summed E-state index contributed by atoms with van der Waals surface area (Å²) < 4.78 is 0. The molecular formula is C14H28N2O. The van der Waals surface area contributed by atoms with Crippen molar-refractivity contribution in [3.05, 3.63) is 0 Å². The minimum absolute atomic E-state index is 0.349. The largest absolute Gasteiger partial charge is 0.341 e. The zero-order valence-electron chi connectivity index (χ0n) is 11.8. The van der Waals surface area contributed by atoms with E-state index in [1.54, 1.807) is 0 Å². The van der Waals surface area contributed by atoms with Crippen molar-refractivity contribution in [1.29, 1.82) is 0 Å². The Hall–Kier alpha value is -0.570. The van der Waals surface area contributed by atoms with Gasteiger partial charge < -0.3 is 10.2 Å². The van der Waals surface area contributed by atoms with Crippen LogP contribution < -0.4 is 5.32 Å². The van der Waals surface area contributed by atoms with E-state index in [0.29, 0.717) is 17.9 Å². The van der Waals surface area contributed by atoms with Crippen LogP contribution in [-0.2, 0) is 4.79 Å². The van der Waals surface area contributed by atoms with Crippen molar-refractivity contribution in [2.75, 3.05) is 20.1 Å². The molecule has 100 valence electrons. The van der Waals surface area contributed by atoms with Crippen LogP contribution in [0.3, 0.4) is 0 Å². The monoisotopic (exact) mass is 240 g/mol. The van der Waals surface area contributed by atoms with E-state index < -0.39 is 0 Å². The molecule has 0 aromatic carbocycles. The second-order valence-electron chi connectivity index (χ2n) is 5.58. The number of carbonyl (C=O) groups is 1. The number of hydrogen-bond donors (Lipinski definition) is 1. The second kappa shape index (κ2) is 7.00. The van der Waals surface area contributed by atoms with Crippen LogP contribution in [0.4, 0.5) is 0 Å². The van der Waals surface area contributed by atoms with Crippen molar-refractivity contribution in [1.82, 2.24) is 10.2 Å². The summed E-state index contributed by atoms with van der Waals surface area (Å²) in [7, 11) is 1.99. The molecular weight excluding hydrogens is 212 g/mol. The molecule has 1 heterocycles. The number of rotatable bonds is 5. The molecule has 0 radical (unpaired) electrons. The molecule has 2 atom stereocenters. The fourth-order valence-corrected chi connectivity index (χ4v) is 2.57. The first-order chi connectivity index (χ1) is 8.08. The smallest absolute Gasteiger partial charge is 0.222 e. The van der Waals surface area contributed by atoms with Crippen LogP contribution >= 0.6 is 0 Å². The lowest BCUT2D eigenvalue weighted by molar-refractivity contribution is -0.131. The van der Waals surface area contributed by atoms with E-state index >= 15 is 0 Å². The van der Waals surface area contributed by atoms with E-state index in [-0.39, 0.29) is 0 Å². The standard InChI is InChI=1S/C14H28N2O/c1-5-12-6-7-14(17)16(9-8-12)10-13(15-4)11(2)3/h11-13,15H,5-10H2,1-4H3. The lowest BCUT2D eigenvalue weighted by Crippen LogP contribution is -2.45. The van der Waals surface area contributed by atoms with Crippen molar-refractivity contribution in [2.24, 2.45) is 11.8 Å². The molecule has 1 amide bonds. The van der Waals surface area contributed by atoms with Gasteiger partial charge in [0.15, 0.2) is 0 Å². The van der Waals surface area contributed by atoms with Gasteiger partial charge in [0.05, 0.1) is 0 Å². The van der Waals surface area contributed by atoms with Gasteiger partial charge in [-0.05, 0) is 31.7 Å². The lowest BCUT2D eigenvalue weighted by atomic mass is 9.98. The summed E-state index contributed by atoms with van der Waals surface area (Å²) in [4.78, 5) is 14.1. The quantitative estimate of drug-likeness (QED) is 0.799. The predicted molar refractivity (Wildman–Crippen MR) is 71.9 cm³/mol. The molecule has 1 aliphatic rings. The SMILES string of the molecule is CCC1CCC(=O)N(CC(NC)C(C)C)CC1. The Morgan fingerprint density at radius 3 is 2.65 bits per heavy atom. The summed E-state index contributed by atoms with van der Waals surface area (Å²) in [5.41, 5.74) is 0. The van der Waals surface area contributed by atoms with Gasteiger partial charge in [0.1, 0.15) is 0 Å². The summed E-state index contributed by atoms with van der Waals surface area (Å²) in [6.07, 6.45) is 4.21. The van der Waals surface area contributed by atoms with Crippen molar-refractivity contribution in [2.45, 2.75) is 52.5 Å². The fourth-order valence-electron chi connectivity index (χ4n) is 2.57. The average molecular weight is 240 g/mol. The Morgan fingerprint density at radius 1 is 1.41 bits per heavy atom. The zero-order valence-corrected chi connectivity index (χ0v) is 11.8. The molecule has 1 rings (SSSR count). The highest BCUT2D eigenvalue weighted by molar-refractivity contribution is 5.76. The van der Waals surface area contributed by atoms with E-state index in [1.165, 1.54) is 12.8 Å². The van der Waals surface area contributed by atoms with E-state index in [1.807, 2.05) is 7.05 Å². The van der Waals surface area contributed by atoms with Crippen LogP contribution in [0.15, 0.2) is 0 Å². The maximum Gasteiger partial charge on any atom is 0.222 e. The Balaban J connectivity index is 2.54. The maximum absolute atomic E-state index is 12.0. The highest BCUT2D eigenvalue weighted by Crippen LogP contribution is 2.21. The third-order valence-electron chi connectivity index (χ3n) is 4.10. The molecule has 1 saturated heterocycles. The molecule has 17 heavy (non-hydrogen) atoms. The number of nitrogens with one attached hydrogen (secondary N) is 1. The molecule has 1 fully saturated rings. The van der Waals surface area contributed by atoms with Gasteiger partial charge in [-0.2, -0.15) is 0 Å². The van der Waals surface area contributed by atoms with Gasteiger partial charge in [-0.25, -0.2) is 0 Å². The van der Waals surface area contributed by atoms with Crippen LogP contribution in [0.25, 0.3) is 0 Å². The van der Waals surface area contributed by atoms with Gasteiger partial charge in [0, 0.05) is 25.6 Å². The van der Waals surface area contributed by atoms with Crippen molar-refractivity contribution in [3.63, 3.8) is 0 Å². The lowest BCUT2D eigenvalue weighted by Gasteiger charge is -2.28. The Morgan fingerprint density at radius 2 is 2.12 bits per heavy atom. The summed E-state index contributed by atoms with van der Waals surface area (Å²) in [6, 6.07) is 0.414. The predicted octanol–water partition coefficient (Wildman–Crippen LogP) is 2.27. The van der Waals surface area contributed by atoms with E-state index in [0.717, 1.165) is 31.8 Å². The second-order valence-corrected chi connectivity index (χ2v) is 5.58. The molecule has 1 N–H and O–H groups in total.